The molecule has 1 aliphatic rings. The Labute approximate surface area is 66.4 Å². The first-order chi connectivity index (χ1) is 5.38. The maximum atomic E-state index is 3.97. The number of hydrogen-bond acceptors (Lipinski definition) is 2. The van der Waals surface area contributed by atoms with Gasteiger partial charge in [0.1, 0.15) is 12.2 Å². The number of aromatic nitrogens is 3. The fourth-order valence-electron chi connectivity index (χ4n) is 1.84. The highest BCUT2D eigenvalue weighted by atomic mass is 15.3. The van der Waals surface area contributed by atoms with Gasteiger partial charge in [-0.05, 0) is 19.8 Å². The first-order valence-electron chi connectivity index (χ1n) is 4.24. The molecule has 0 aliphatic heterocycles. The van der Waals surface area contributed by atoms with Crippen molar-refractivity contribution in [3.8, 4) is 0 Å². The van der Waals surface area contributed by atoms with Gasteiger partial charge in [-0.3, -0.25) is 0 Å². The second kappa shape index (κ2) is 2.64. The van der Waals surface area contributed by atoms with Crippen molar-refractivity contribution in [3.63, 3.8) is 0 Å². The maximum absolute atomic E-state index is 3.97. The van der Waals surface area contributed by atoms with Crippen LogP contribution in [0.4, 0.5) is 0 Å². The molecule has 11 heavy (non-hydrogen) atoms. The van der Waals surface area contributed by atoms with E-state index in [1.165, 1.54) is 25.7 Å². The molecule has 0 aromatic carbocycles. The van der Waals surface area contributed by atoms with E-state index in [4.69, 9.17) is 0 Å². The van der Waals surface area contributed by atoms with E-state index in [9.17, 15) is 0 Å². The molecule has 0 N–H and O–H groups in total. The molecule has 2 rings (SSSR count). The first-order valence-corrected chi connectivity index (χ1v) is 4.24. The molecule has 1 aromatic rings. The molecule has 3 heteroatoms. The van der Waals surface area contributed by atoms with Gasteiger partial charge in [0.25, 0.3) is 0 Å². The molecule has 1 aromatic heterocycles. The highest BCUT2D eigenvalue weighted by Gasteiger charge is 2.17. The summed E-state index contributed by atoms with van der Waals surface area (Å²) in [6, 6.07) is 0.685. The van der Waals surface area contributed by atoms with Crippen LogP contribution in [0.2, 0.25) is 0 Å². The van der Waals surface area contributed by atoms with E-state index in [1.807, 2.05) is 13.3 Å². The van der Waals surface area contributed by atoms with Crippen LogP contribution in [0, 0.1) is 6.92 Å². The Morgan fingerprint density at radius 3 is 2.73 bits per heavy atom. The van der Waals surface area contributed by atoms with Gasteiger partial charge in [0.15, 0.2) is 0 Å². The molecular weight excluding hydrogens is 138 g/mol. The minimum Gasteiger partial charge on any atom is -0.315 e. The molecule has 0 amide bonds. The molecule has 1 fully saturated rings. The third-order valence-corrected chi connectivity index (χ3v) is 2.47. The first kappa shape index (κ1) is 6.83. The average Bonchev–Trinajstić information content (AvgIpc) is 2.55. The summed E-state index contributed by atoms with van der Waals surface area (Å²) in [5, 5.41) is 7.85. The van der Waals surface area contributed by atoms with Gasteiger partial charge in [-0.25, -0.2) is 0 Å². The van der Waals surface area contributed by atoms with E-state index in [0.717, 1.165) is 5.82 Å². The predicted octanol–water partition coefficient (Wildman–Crippen LogP) is 1.70. The monoisotopic (exact) mass is 151 g/mol. The van der Waals surface area contributed by atoms with Crippen molar-refractivity contribution in [1.29, 1.82) is 0 Å². The van der Waals surface area contributed by atoms with Crippen molar-refractivity contribution < 1.29 is 0 Å². The molecule has 0 radical (unpaired) electrons. The molecule has 0 spiro atoms. The minimum atomic E-state index is 0.685. The Kier molecular flexibility index (Phi) is 1.64. The molecule has 0 atom stereocenters. The molecule has 0 saturated heterocycles. The zero-order valence-electron chi connectivity index (χ0n) is 6.82. The van der Waals surface area contributed by atoms with E-state index in [0.29, 0.717) is 6.04 Å². The third-order valence-electron chi connectivity index (χ3n) is 2.47. The van der Waals surface area contributed by atoms with Gasteiger partial charge in [0.2, 0.25) is 0 Å². The Bertz CT molecular complexity index is 235. The van der Waals surface area contributed by atoms with Crippen molar-refractivity contribution in [3.05, 3.63) is 12.2 Å². The summed E-state index contributed by atoms with van der Waals surface area (Å²) in [6.07, 6.45) is 7.19. The van der Waals surface area contributed by atoms with Gasteiger partial charge < -0.3 is 4.57 Å². The molecule has 0 unspecified atom stereocenters. The van der Waals surface area contributed by atoms with E-state index in [1.54, 1.807) is 0 Å². The zero-order chi connectivity index (χ0) is 7.68. The topological polar surface area (TPSA) is 30.7 Å². The van der Waals surface area contributed by atoms with Gasteiger partial charge in [-0.15, -0.1) is 10.2 Å². The summed E-state index contributed by atoms with van der Waals surface area (Å²) in [5.74, 6) is 1.05. The van der Waals surface area contributed by atoms with Crippen molar-refractivity contribution in [2.75, 3.05) is 0 Å². The van der Waals surface area contributed by atoms with Crippen LogP contribution >= 0.6 is 0 Å². The molecule has 0 bridgehead atoms. The van der Waals surface area contributed by atoms with Crippen LogP contribution in [0.15, 0.2) is 6.33 Å². The fourth-order valence-corrected chi connectivity index (χ4v) is 1.84. The summed E-state index contributed by atoms with van der Waals surface area (Å²) < 4.78 is 2.20. The highest BCUT2D eigenvalue weighted by molar-refractivity contribution is 4.87. The van der Waals surface area contributed by atoms with Gasteiger partial charge in [-0.2, -0.15) is 0 Å². The third kappa shape index (κ3) is 1.15. The van der Waals surface area contributed by atoms with Gasteiger partial charge >= 0.3 is 0 Å². The highest BCUT2D eigenvalue weighted by Crippen LogP contribution is 2.29. The van der Waals surface area contributed by atoms with Gasteiger partial charge in [-0.1, -0.05) is 12.8 Å². The number of rotatable bonds is 1. The van der Waals surface area contributed by atoms with Crippen LogP contribution in [0.3, 0.4) is 0 Å². The maximum Gasteiger partial charge on any atom is 0.129 e. The second-order valence-corrected chi connectivity index (χ2v) is 3.22. The van der Waals surface area contributed by atoms with E-state index in [-0.39, 0.29) is 0 Å². The smallest absolute Gasteiger partial charge is 0.129 e. The van der Waals surface area contributed by atoms with Crippen LogP contribution in [-0.4, -0.2) is 14.8 Å². The average molecular weight is 151 g/mol. The normalized spacial score (nSPS) is 19.4. The van der Waals surface area contributed by atoms with Crippen LogP contribution in [0.25, 0.3) is 0 Å². The van der Waals surface area contributed by atoms with Crippen LogP contribution in [0.5, 0.6) is 0 Å². The van der Waals surface area contributed by atoms with E-state index in [2.05, 4.69) is 14.8 Å². The molecule has 60 valence electrons. The van der Waals surface area contributed by atoms with Crippen LogP contribution in [0.1, 0.15) is 37.5 Å². The Morgan fingerprint density at radius 1 is 1.45 bits per heavy atom. The van der Waals surface area contributed by atoms with Crippen molar-refractivity contribution in [2.45, 2.75) is 38.6 Å². The largest absolute Gasteiger partial charge is 0.315 e. The zero-order valence-corrected chi connectivity index (χ0v) is 6.82. The summed E-state index contributed by atoms with van der Waals surface area (Å²) in [6.45, 7) is 2.02. The lowest BCUT2D eigenvalue weighted by Crippen LogP contribution is -2.04. The fraction of sp³-hybridized carbons (Fsp3) is 0.750. The lowest BCUT2D eigenvalue weighted by Gasteiger charge is -2.10. The number of nitrogens with zero attached hydrogens (tertiary/aromatic N) is 3. The summed E-state index contributed by atoms with van der Waals surface area (Å²) >= 11 is 0. The quantitative estimate of drug-likeness (QED) is 0.611. The van der Waals surface area contributed by atoms with E-state index >= 15 is 0 Å². The van der Waals surface area contributed by atoms with Gasteiger partial charge in [0, 0.05) is 6.04 Å². The van der Waals surface area contributed by atoms with Crippen molar-refractivity contribution in [2.24, 2.45) is 0 Å². The SMILES string of the molecule is Cc1nncn1C1CCCC1. The molecule has 1 heterocycles. The molecule has 1 aliphatic carbocycles. The number of aryl methyl sites for hydroxylation is 1. The number of hydrogen-bond donors (Lipinski definition) is 0. The summed E-state index contributed by atoms with van der Waals surface area (Å²) in [4.78, 5) is 0. The minimum absolute atomic E-state index is 0.685. The Hall–Kier alpha value is -0.860. The molecule has 1 saturated carbocycles. The van der Waals surface area contributed by atoms with Crippen LogP contribution in [-0.2, 0) is 0 Å². The lowest BCUT2D eigenvalue weighted by molar-refractivity contribution is 0.505. The van der Waals surface area contributed by atoms with Crippen molar-refractivity contribution in [1.82, 2.24) is 14.8 Å². The summed E-state index contributed by atoms with van der Waals surface area (Å²) in [5.41, 5.74) is 0. The Morgan fingerprint density at radius 2 is 2.18 bits per heavy atom. The van der Waals surface area contributed by atoms with Crippen molar-refractivity contribution >= 4 is 0 Å². The molecular formula is C8H13N3. The standard InChI is InChI=1S/C8H13N3/c1-7-10-9-6-11(7)8-4-2-3-5-8/h6,8H,2-5H2,1H3. The van der Waals surface area contributed by atoms with E-state index < -0.39 is 0 Å². The van der Waals surface area contributed by atoms with Gasteiger partial charge in [0.05, 0.1) is 0 Å². The predicted molar refractivity (Wildman–Crippen MR) is 42.3 cm³/mol. The summed E-state index contributed by atoms with van der Waals surface area (Å²) in [7, 11) is 0. The Balaban J connectivity index is 2.21. The van der Waals surface area contributed by atoms with Crippen LogP contribution < -0.4 is 0 Å². The molecule has 3 nitrogen and oxygen atoms in total. The second-order valence-electron chi connectivity index (χ2n) is 3.22. The lowest BCUT2D eigenvalue weighted by atomic mass is 10.2.